The van der Waals surface area contributed by atoms with Crippen molar-refractivity contribution < 1.29 is 4.79 Å². The van der Waals surface area contributed by atoms with E-state index in [4.69, 9.17) is 0 Å². The van der Waals surface area contributed by atoms with Gasteiger partial charge in [0, 0.05) is 22.3 Å². The van der Waals surface area contributed by atoms with E-state index in [1.807, 2.05) is 0 Å². The van der Waals surface area contributed by atoms with Crippen LogP contribution >= 0.6 is 11.8 Å². The van der Waals surface area contributed by atoms with Gasteiger partial charge in [-0.2, -0.15) is 0 Å². The average molecular weight is 249 g/mol. The van der Waals surface area contributed by atoms with Gasteiger partial charge in [-0.15, -0.1) is 11.8 Å². The molecule has 92 valence electrons. The van der Waals surface area contributed by atoms with Gasteiger partial charge in [-0.05, 0) is 37.8 Å². The number of nitrogens with one attached hydrogen (secondary N) is 1. The number of carbonyl (C=O) groups excluding carboxylic acids is 1. The molecule has 1 aliphatic heterocycles. The first-order valence-corrected chi connectivity index (χ1v) is 7.07. The summed E-state index contributed by atoms with van der Waals surface area (Å²) in [5.41, 5.74) is 0.921. The van der Waals surface area contributed by atoms with E-state index in [9.17, 15) is 4.79 Å². The number of carbonyl (C=O) groups is 1. The topological polar surface area (TPSA) is 29.1 Å². The minimum atomic E-state index is -0.190. The van der Waals surface area contributed by atoms with Crippen molar-refractivity contribution in [2.45, 2.75) is 43.0 Å². The van der Waals surface area contributed by atoms with Crippen molar-refractivity contribution in [3.63, 3.8) is 0 Å². The molecule has 3 heteroatoms. The van der Waals surface area contributed by atoms with Gasteiger partial charge in [0.15, 0.2) is 0 Å². The standard InChI is InChI=1S/C14H19NOS/c1-13(2)14(3,9-12(16)15-13)10-5-7-11(17-4)8-6-10/h5-8H,9H2,1-4H3,(H,15,16). The molecule has 0 aliphatic carbocycles. The Bertz CT molecular complexity index is 438. The van der Waals surface area contributed by atoms with E-state index in [0.717, 1.165) is 0 Å². The van der Waals surface area contributed by atoms with Crippen LogP contribution in [0.2, 0.25) is 0 Å². The summed E-state index contributed by atoms with van der Waals surface area (Å²) in [7, 11) is 0. The quantitative estimate of drug-likeness (QED) is 0.816. The van der Waals surface area contributed by atoms with Crippen LogP contribution in [0.25, 0.3) is 0 Å². The zero-order valence-electron chi connectivity index (χ0n) is 10.8. The van der Waals surface area contributed by atoms with Crippen LogP contribution in [0.1, 0.15) is 32.8 Å². The molecule has 1 aliphatic rings. The summed E-state index contributed by atoms with van der Waals surface area (Å²) in [6.07, 6.45) is 2.64. The zero-order chi connectivity index (χ0) is 12.7. The minimum Gasteiger partial charge on any atom is -0.350 e. The largest absolute Gasteiger partial charge is 0.350 e. The van der Waals surface area contributed by atoms with Crippen molar-refractivity contribution in [2.75, 3.05) is 6.26 Å². The highest BCUT2D eigenvalue weighted by molar-refractivity contribution is 7.98. The van der Waals surface area contributed by atoms with Crippen molar-refractivity contribution in [2.24, 2.45) is 0 Å². The summed E-state index contributed by atoms with van der Waals surface area (Å²) in [6.45, 7) is 6.36. The Morgan fingerprint density at radius 1 is 1.18 bits per heavy atom. The van der Waals surface area contributed by atoms with Crippen molar-refractivity contribution in [3.8, 4) is 0 Å². The summed E-state index contributed by atoms with van der Waals surface area (Å²) in [5, 5.41) is 3.07. The molecule has 1 saturated heterocycles. The van der Waals surface area contributed by atoms with Crippen molar-refractivity contribution in [1.29, 1.82) is 0 Å². The molecule has 0 radical (unpaired) electrons. The van der Waals surface area contributed by atoms with E-state index in [-0.39, 0.29) is 16.9 Å². The average Bonchev–Trinajstić information content (AvgIpc) is 2.48. The third kappa shape index (κ3) is 1.97. The van der Waals surface area contributed by atoms with Gasteiger partial charge in [-0.1, -0.05) is 19.1 Å². The van der Waals surface area contributed by atoms with Gasteiger partial charge in [0.2, 0.25) is 5.91 Å². The molecule has 1 atom stereocenters. The van der Waals surface area contributed by atoms with Crippen LogP contribution in [0.5, 0.6) is 0 Å². The van der Waals surface area contributed by atoms with Crippen LogP contribution in [0.4, 0.5) is 0 Å². The second kappa shape index (κ2) is 4.05. The van der Waals surface area contributed by atoms with Crippen LogP contribution in [-0.4, -0.2) is 17.7 Å². The van der Waals surface area contributed by atoms with Crippen molar-refractivity contribution in [1.82, 2.24) is 5.32 Å². The van der Waals surface area contributed by atoms with Gasteiger partial charge in [0.1, 0.15) is 0 Å². The van der Waals surface area contributed by atoms with Crippen LogP contribution in [-0.2, 0) is 10.2 Å². The van der Waals surface area contributed by atoms with Gasteiger partial charge in [-0.25, -0.2) is 0 Å². The zero-order valence-corrected chi connectivity index (χ0v) is 11.6. The molecule has 0 bridgehead atoms. The number of hydrogen-bond acceptors (Lipinski definition) is 2. The lowest BCUT2D eigenvalue weighted by molar-refractivity contribution is -0.119. The van der Waals surface area contributed by atoms with Gasteiger partial charge in [-0.3, -0.25) is 4.79 Å². The molecule has 1 fully saturated rings. The number of rotatable bonds is 2. The SMILES string of the molecule is CSc1ccc(C2(C)CC(=O)NC2(C)C)cc1. The Morgan fingerprint density at radius 3 is 2.18 bits per heavy atom. The van der Waals surface area contributed by atoms with Crippen LogP contribution < -0.4 is 5.32 Å². The Hall–Kier alpha value is -0.960. The number of hydrogen-bond donors (Lipinski definition) is 1. The molecule has 0 aromatic heterocycles. The fourth-order valence-electron chi connectivity index (χ4n) is 2.49. The monoisotopic (exact) mass is 249 g/mol. The molecular weight excluding hydrogens is 230 g/mol. The highest BCUT2D eigenvalue weighted by Crippen LogP contribution is 2.42. The minimum absolute atomic E-state index is 0.124. The molecule has 1 unspecified atom stereocenters. The highest BCUT2D eigenvalue weighted by Gasteiger charge is 2.50. The highest BCUT2D eigenvalue weighted by atomic mass is 32.2. The summed E-state index contributed by atoms with van der Waals surface area (Å²) < 4.78 is 0. The van der Waals surface area contributed by atoms with Crippen LogP contribution in [0.15, 0.2) is 29.2 Å². The molecule has 0 saturated carbocycles. The lowest BCUT2D eigenvalue weighted by Gasteiger charge is -2.37. The summed E-state index contributed by atoms with van der Waals surface area (Å²) >= 11 is 1.74. The van der Waals surface area contributed by atoms with E-state index in [1.165, 1.54) is 10.5 Å². The molecule has 2 rings (SSSR count). The van der Waals surface area contributed by atoms with E-state index in [1.54, 1.807) is 11.8 Å². The van der Waals surface area contributed by atoms with Crippen LogP contribution in [0.3, 0.4) is 0 Å². The lowest BCUT2D eigenvalue weighted by Crippen LogP contribution is -2.48. The van der Waals surface area contributed by atoms with Crippen LogP contribution in [0, 0.1) is 0 Å². The fourth-order valence-corrected chi connectivity index (χ4v) is 2.90. The summed E-state index contributed by atoms with van der Waals surface area (Å²) in [4.78, 5) is 12.9. The van der Waals surface area contributed by atoms with E-state index in [0.29, 0.717) is 6.42 Å². The van der Waals surface area contributed by atoms with E-state index in [2.05, 4.69) is 56.6 Å². The Labute approximate surface area is 107 Å². The smallest absolute Gasteiger partial charge is 0.221 e. The third-order valence-electron chi connectivity index (χ3n) is 4.07. The molecule has 1 aromatic rings. The molecule has 1 heterocycles. The van der Waals surface area contributed by atoms with E-state index >= 15 is 0 Å². The van der Waals surface area contributed by atoms with Crippen molar-refractivity contribution >= 4 is 17.7 Å². The first-order valence-electron chi connectivity index (χ1n) is 5.84. The maximum Gasteiger partial charge on any atom is 0.221 e. The Balaban J connectivity index is 2.40. The molecule has 0 spiro atoms. The number of thioether (sulfide) groups is 1. The third-order valence-corrected chi connectivity index (χ3v) is 4.82. The fraction of sp³-hybridized carbons (Fsp3) is 0.500. The van der Waals surface area contributed by atoms with Crippen molar-refractivity contribution in [3.05, 3.63) is 29.8 Å². The predicted molar refractivity (Wildman–Crippen MR) is 72.4 cm³/mol. The second-order valence-electron chi connectivity index (χ2n) is 5.41. The molecule has 1 amide bonds. The normalized spacial score (nSPS) is 26.9. The first-order chi connectivity index (χ1) is 7.89. The van der Waals surface area contributed by atoms with E-state index < -0.39 is 0 Å². The molecule has 1 aromatic carbocycles. The molecule has 1 N–H and O–H groups in total. The summed E-state index contributed by atoms with van der Waals surface area (Å²) in [6, 6.07) is 8.55. The van der Waals surface area contributed by atoms with Gasteiger partial charge in [0.25, 0.3) is 0 Å². The lowest BCUT2D eigenvalue weighted by atomic mass is 9.69. The van der Waals surface area contributed by atoms with Gasteiger partial charge < -0.3 is 5.32 Å². The molecule has 2 nitrogen and oxygen atoms in total. The molecular formula is C14H19NOS. The molecule has 17 heavy (non-hydrogen) atoms. The van der Waals surface area contributed by atoms with Gasteiger partial charge in [0.05, 0.1) is 0 Å². The maximum atomic E-state index is 11.7. The second-order valence-corrected chi connectivity index (χ2v) is 6.29. The first kappa shape index (κ1) is 12.5. The predicted octanol–water partition coefficient (Wildman–Crippen LogP) is 2.96. The number of amides is 1. The number of benzene rings is 1. The maximum absolute atomic E-state index is 11.7. The van der Waals surface area contributed by atoms with Gasteiger partial charge >= 0.3 is 0 Å². The summed E-state index contributed by atoms with van der Waals surface area (Å²) in [5.74, 6) is 0.145. The Kier molecular flexibility index (Phi) is 2.98. The Morgan fingerprint density at radius 2 is 1.76 bits per heavy atom.